The minimum absolute atomic E-state index is 0.118. The number of fused-ring (bicyclic) bond motifs is 2. The summed E-state index contributed by atoms with van der Waals surface area (Å²) in [5.74, 6) is 0.118. The molecule has 0 spiro atoms. The molecule has 0 aliphatic carbocycles. The van der Waals surface area contributed by atoms with Crippen LogP contribution in [0.1, 0.15) is 19.3 Å². The van der Waals surface area contributed by atoms with Gasteiger partial charge in [0.1, 0.15) is 6.61 Å². The quantitative estimate of drug-likeness (QED) is 0.665. The normalized spacial score (nSPS) is 28.4. The molecule has 0 radical (unpaired) electrons. The van der Waals surface area contributed by atoms with E-state index < -0.39 is 0 Å². The third-order valence-electron chi connectivity index (χ3n) is 4.16. The highest BCUT2D eigenvalue weighted by molar-refractivity contribution is 5.77. The third kappa shape index (κ3) is 3.22. The second kappa shape index (κ2) is 6.50. The number of methoxy groups -OCH3 is 1. The van der Waals surface area contributed by atoms with Crippen molar-refractivity contribution in [2.75, 3.05) is 47.1 Å². The molecule has 18 heavy (non-hydrogen) atoms. The van der Waals surface area contributed by atoms with Gasteiger partial charge < -0.3 is 14.4 Å². The van der Waals surface area contributed by atoms with E-state index >= 15 is 0 Å². The van der Waals surface area contributed by atoms with Gasteiger partial charge in [-0.25, -0.2) is 0 Å². The molecule has 2 rings (SSSR count). The number of hydrogen-bond donors (Lipinski definition) is 0. The molecule has 2 fully saturated rings. The van der Waals surface area contributed by atoms with Crippen LogP contribution < -0.4 is 0 Å². The number of rotatable bonds is 5. The van der Waals surface area contributed by atoms with E-state index in [1.54, 1.807) is 7.11 Å². The molecule has 2 atom stereocenters. The van der Waals surface area contributed by atoms with E-state index in [-0.39, 0.29) is 12.5 Å². The van der Waals surface area contributed by atoms with Gasteiger partial charge in [0.25, 0.3) is 0 Å². The van der Waals surface area contributed by atoms with Gasteiger partial charge in [-0.1, -0.05) is 0 Å². The average Bonchev–Trinajstić information content (AvgIpc) is 2.59. The van der Waals surface area contributed by atoms with Gasteiger partial charge in [-0.2, -0.15) is 0 Å². The number of carbonyl (C=O) groups excluding carboxylic acids is 1. The summed E-state index contributed by atoms with van der Waals surface area (Å²) < 4.78 is 10.2. The zero-order valence-corrected chi connectivity index (χ0v) is 11.4. The van der Waals surface area contributed by atoms with Crippen molar-refractivity contribution < 1.29 is 14.3 Å². The second-order valence-electron chi connectivity index (χ2n) is 5.22. The Morgan fingerprint density at radius 2 is 2.00 bits per heavy atom. The van der Waals surface area contributed by atoms with Crippen molar-refractivity contribution in [2.24, 2.45) is 0 Å². The fourth-order valence-corrected chi connectivity index (χ4v) is 2.93. The van der Waals surface area contributed by atoms with Crippen LogP contribution in [0.2, 0.25) is 0 Å². The second-order valence-corrected chi connectivity index (χ2v) is 5.22. The van der Waals surface area contributed by atoms with Crippen LogP contribution in [-0.4, -0.2) is 74.9 Å². The molecule has 2 saturated heterocycles. The highest BCUT2D eigenvalue weighted by Gasteiger charge is 2.35. The molecule has 2 aliphatic heterocycles. The minimum atomic E-state index is 0.118. The maximum atomic E-state index is 12.0. The van der Waals surface area contributed by atoms with E-state index in [4.69, 9.17) is 9.47 Å². The average molecular weight is 256 g/mol. The van der Waals surface area contributed by atoms with E-state index in [9.17, 15) is 4.79 Å². The van der Waals surface area contributed by atoms with Gasteiger partial charge in [-0.3, -0.25) is 9.69 Å². The number of nitrogens with zero attached hydrogens (tertiary/aromatic N) is 2. The smallest absolute Gasteiger partial charge is 0.248 e. The first-order valence-electron chi connectivity index (χ1n) is 6.78. The monoisotopic (exact) mass is 256 g/mol. The van der Waals surface area contributed by atoms with Crippen molar-refractivity contribution in [1.82, 2.24) is 9.80 Å². The zero-order valence-electron chi connectivity index (χ0n) is 11.4. The van der Waals surface area contributed by atoms with E-state index in [2.05, 4.69) is 11.9 Å². The maximum Gasteiger partial charge on any atom is 0.248 e. The Bertz CT molecular complexity index is 285. The summed E-state index contributed by atoms with van der Waals surface area (Å²) in [5.41, 5.74) is 0. The van der Waals surface area contributed by atoms with Crippen LogP contribution in [0, 0.1) is 0 Å². The third-order valence-corrected chi connectivity index (χ3v) is 4.16. The summed E-state index contributed by atoms with van der Waals surface area (Å²) in [6.45, 7) is 2.95. The first-order chi connectivity index (χ1) is 8.72. The Morgan fingerprint density at radius 1 is 1.22 bits per heavy atom. The number of likely N-dealkylation sites (N-methyl/N-ethyl adjacent to an activating group) is 1. The molecule has 0 aromatic heterocycles. The Kier molecular flexibility index (Phi) is 4.97. The predicted molar refractivity (Wildman–Crippen MR) is 68.5 cm³/mol. The first kappa shape index (κ1) is 13.8. The number of carbonyl (C=O) groups is 1. The largest absolute Gasteiger partial charge is 0.382 e. The molecule has 2 bridgehead atoms. The molecule has 0 aromatic carbocycles. The predicted octanol–water partition coefficient (Wildman–Crippen LogP) is 0.345. The van der Waals surface area contributed by atoms with Gasteiger partial charge in [-0.05, 0) is 26.3 Å². The molecule has 5 nitrogen and oxygen atoms in total. The lowest BCUT2D eigenvalue weighted by molar-refractivity contribution is -0.136. The van der Waals surface area contributed by atoms with Gasteiger partial charge in [0, 0.05) is 32.3 Å². The van der Waals surface area contributed by atoms with E-state index in [1.807, 2.05) is 4.90 Å². The van der Waals surface area contributed by atoms with Crippen molar-refractivity contribution >= 4 is 5.91 Å². The van der Waals surface area contributed by atoms with Crippen LogP contribution in [0.15, 0.2) is 0 Å². The van der Waals surface area contributed by atoms with E-state index in [0.717, 1.165) is 19.5 Å². The molecule has 0 saturated carbocycles. The van der Waals surface area contributed by atoms with Crippen molar-refractivity contribution in [3.63, 3.8) is 0 Å². The maximum absolute atomic E-state index is 12.0. The lowest BCUT2D eigenvalue weighted by Crippen LogP contribution is -2.41. The van der Waals surface area contributed by atoms with Crippen LogP contribution in [0.25, 0.3) is 0 Å². The molecular formula is C13H24N2O3. The number of amides is 1. The highest BCUT2D eigenvalue weighted by atomic mass is 16.5. The molecule has 5 heteroatoms. The molecule has 2 heterocycles. The van der Waals surface area contributed by atoms with Gasteiger partial charge in [-0.15, -0.1) is 0 Å². The molecule has 0 aromatic rings. The molecule has 104 valence electrons. The topological polar surface area (TPSA) is 42.0 Å². The van der Waals surface area contributed by atoms with Gasteiger partial charge in [0.15, 0.2) is 0 Å². The SMILES string of the molecule is COCCOCC(=O)N1CCC2CCC(C1)N2C. The number of likely N-dealkylation sites (tertiary alicyclic amines) is 1. The van der Waals surface area contributed by atoms with Gasteiger partial charge in [0.05, 0.1) is 13.2 Å². The Balaban J connectivity index is 1.77. The summed E-state index contributed by atoms with van der Waals surface area (Å²) in [4.78, 5) is 16.4. The molecular weight excluding hydrogens is 232 g/mol. The Hall–Kier alpha value is -0.650. The van der Waals surface area contributed by atoms with Crippen LogP contribution >= 0.6 is 0 Å². The fourth-order valence-electron chi connectivity index (χ4n) is 2.93. The summed E-state index contributed by atoms with van der Waals surface area (Å²) >= 11 is 0. The standard InChI is InChI=1S/C13H24N2O3/c1-14-11-3-4-12(14)9-15(6-5-11)13(16)10-18-8-7-17-2/h11-12H,3-10H2,1-2H3. The highest BCUT2D eigenvalue weighted by Crippen LogP contribution is 2.28. The molecule has 1 amide bonds. The van der Waals surface area contributed by atoms with Crippen molar-refractivity contribution in [1.29, 1.82) is 0 Å². The van der Waals surface area contributed by atoms with Crippen molar-refractivity contribution in [3.8, 4) is 0 Å². The summed E-state index contributed by atoms with van der Waals surface area (Å²) in [7, 11) is 3.82. The van der Waals surface area contributed by atoms with E-state index in [1.165, 1.54) is 12.8 Å². The first-order valence-corrected chi connectivity index (χ1v) is 6.78. The van der Waals surface area contributed by atoms with E-state index in [0.29, 0.717) is 25.3 Å². The Labute approximate surface area is 109 Å². The van der Waals surface area contributed by atoms with Crippen LogP contribution in [0.3, 0.4) is 0 Å². The molecule has 0 N–H and O–H groups in total. The fraction of sp³-hybridized carbons (Fsp3) is 0.923. The van der Waals surface area contributed by atoms with Crippen LogP contribution in [-0.2, 0) is 14.3 Å². The summed E-state index contributed by atoms with van der Waals surface area (Å²) in [6.07, 6.45) is 3.60. The van der Waals surface area contributed by atoms with Gasteiger partial charge in [0.2, 0.25) is 5.91 Å². The Morgan fingerprint density at radius 3 is 2.78 bits per heavy atom. The van der Waals surface area contributed by atoms with Crippen molar-refractivity contribution in [2.45, 2.75) is 31.3 Å². The van der Waals surface area contributed by atoms with Crippen LogP contribution in [0.4, 0.5) is 0 Å². The van der Waals surface area contributed by atoms with Crippen LogP contribution in [0.5, 0.6) is 0 Å². The molecule has 2 aliphatic rings. The molecule has 2 unspecified atom stereocenters. The zero-order chi connectivity index (χ0) is 13.0. The summed E-state index contributed by atoms with van der Waals surface area (Å²) in [5, 5.41) is 0. The van der Waals surface area contributed by atoms with Crippen molar-refractivity contribution in [3.05, 3.63) is 0 Å². The lowest BCUT2D eigenvalue weighted by Gasteiger charge is -2.25. The number of ether oxygens (including phenoxy) is 2. The lowest BCUT2D eigenvalue weighted by atomic mass is 10.1. The van der Waals surface area contributed by atoms with Gasteiger partial charge >= 0.3 is 0 Å². The minimum Gasteiger partial charge on any atom is -0.382 e. The summed E-state index contributed by atoms with van der Waals surface area (Å²) in [6, 6.07) is 1.21. The number of hydrogen-bond acceptors (Lipinski definition) is 4.